The minimum absolute atomic E-state index is 0.288. The van der Waals surface area contributed by atoms with Crippen molar-refractivity contribution < 1.29 is 14.7 Å². The molecule has 1 atom stereocenters. The quantitative estimate of drug-likeness (QED) is 0.820. The van der Waals surface area contributed by atoms with E-state index >= 15 is 0 Å². The number of aromatic nitrogens is 1. The topological polar surface area (TPSA) is 70.5 Å². The predicted molar refractivity (Wildman–Crippen MR) is 59.2 cm³/mol. The molecule has 1 aliphatic heterocycles. The molecule has 0 aromatic carbocycles. The normalized spacial score (nSPS) is 19.8. The fourth-order valence-corrected chi connectivity index (χ4v) is 2.63. The van der Waals surface area contributed by atoms with E-state index in [2.05, 4.69) is 4.98 Å². The van der Waals surface area contributed by atoms with Crippen LogP contribution in [0.25, 0.3) is 0 Å². The fraction of sp³-hybridized carbons (Fsp3) is 0.300. The molecule has 2 rings (SSSR count). The van der Waals surface area contributed by atoms with Crippen molar-refractivity contribution in [3.05, 3.63) is 30.1 Å². The standard InChI is InChI=1S/C10H10N2O3S/c13-9(7-3-1-2-4-11-7)12-6-16-5-8(12)10(14)15/h1-4,8H,5-6H2,(H,14,15)/t8-/m0/s1. The maximum atomic E-state index is 11.9. The minimum Gasteiger partial charge on any atom is -0.480 e. The van der Waals surface area contributed by atoms with Crippen LogP contribution in [-0.2, 0) is 4.79 Å². The van der Waals surface area contributed by atoms with Crippen molar-refractivity contribution in [1.29, 1.82) is 0 Å². The predicted octanol–water partition coefficient (Wildman–Crippen LogP) is 0.681. The third kappa shape index (κ3) is 2.01. The van der Waals surface area contributed by atoms with Crippen molar-refractivity contribution in [2.24, 2.45) is 0 Å². The van der Waals surface area contributed by atoms with E-state index in [9.17, 15) is 9.59 Å². The van der Waals surface area contributed by atoms with E-state index in [1.165, 1.54) is 22.9 Å². The molecule has 0 aliphatic carbocycles. The summed E-state index contributed by atoms with van der Waals surface area (Å²) in [5.74, 6) is -0.437. The van der Waals surface area contributed by atoms with Gasteiger partial charge in [-0.1, -0.05) is 6.07 Å². The number of carbonyl (C=O) groups excluding carboxylic acids is 1. The van der Waals surface area contributed by atoms with E-state index in [0.29, 0.717) is 11.6 Å². The van der Waals surface area contributed by atoms with Gasteiger partial charge >= 0.3 is 5.97 Å². The number of carbonyl (C=O) groups is 2. The van der Waals surface area contributed by atoms with Gasteiger partial charge in [-0.15, -0.1) is 11.8 Å². The Bertz CT molecular complexity index is 410. The van der Waals surface area contributed by atoms with Crippen LogP contribution in [0.1, 0.15) is 10.5 Å². The van der Waals surface area contributed by atoms with Gasteiger partial charge in [-0.3, -0.25) is 9.78 Å². The Morgan fingerprint density at radius 3 is 2.94 bits per heavy atom. The van der Waals surface area contributed by atoms with Crippen LogP contribution in [0.5, 0.6) is 0 Å². The highest BCUT2D eigenvalue weighted by atomic mass is 32.2. The Morgan fingerprint density at radius 1 is 1.50 bits per heavy atom. The summed E-state index contributed by atoms with van der Waals surface area (Å²) in [4.78, 5) is 28.1. The first-order valence-corrected chi connectivity index (χ1v) is 5.88. The molecule has 1 fully saturated rings. The van der Waals surface area contributed by atoms with E-state index in [1.807, 2.05) is 0 Å². The Balaban J connectivity index is 2.19. The smallest absolute Gasteiger partial charge is 0.327 e. The lowest BCUT2D eigenvalue weighted by molar-refractivity contribution is -0.140. The molecule has 84 valence electrons. The van der Waals surface area contributed by atoms with Gasteiger partial charge in [-0.05, 0) is 12.1 Å². The first-order valence-electron chi connectivity index (χ1n) is 4.72. The molecule has 1 aromatic rings. The molecule has 1 saturated heterocycles. The van der Waals surface area contributed by atoms with Crippen molar-refractivity contribution in [2.45, 2.75) is 6.04 Å². The molecular formula is C10H10N2O3S. The van der Waals surface area contributed by atoms with Gasteiger partial charge in [0.2, 0.25) is 0 Å². The number of thioether (sulfide) groups is 1. The maximum absolute atomic E-state index is 11.9. The van der Waals surface area contributed by atoms with E-state index < -0.39 is 12.0 Å². The second-order valence-electron chi connectivity index (χ2n) is 3.34. The number of hydrogen-bond donors (Lipinski definition) is 1. The minimum atomic E-state index is -0.964. The molecule has 0 spiro atoms. The SMILES string of the molecule is O=C(O)[C@@H]1CSCN1C(=O)c1ccccn1. The first kappa shape index (κ1) is 10.9. The summed E-state index contributed by atoms with van der Waals surface area (Å²) < 4.78 is 0. The number of nitrogens with zero attached hydrogens (tertiary/aromatic N) is 2. The third-order valence-electron chi connectivity index (χ3n) is 2.31. The Labute approximate surface area is 96.5 Å². The summed E-state index contributed by atoms with van der Waals surface area (Å²) in [6, 6.07) is 4.27. The summed E-state index contributed by atoms with van der Waals surface area (Å²) in [7, 11) is 0. The largest absolute Gasteiger partial charge is 0.480 e. The average Bonchev–Trinajstić information content (AvgIpc) is 2.78. The van der Waals surface area contributed by atoms with E-state index in [1.54, 1.807) is 18.2 Å². The summed E-state index contributed by atoms with van der Waals surface area (Å²) >= 11 is 1.44. The zero-order valence-electron chi connectivity index (χ0n) is 8.37. The van der Waals surface area contributed by atoms with Crippen molar-refractivity contribution in [3.63, 3.8) is 0 Å². The van der Waals surface area contributed by atoms with Crippen molar-refractivity contribution in [2.75, 3.05) is 11.6 Å². The van der Waals surface area contributed by atoms with Crippen LogP contribution in [0.4, 0.5) is 0 Å². The van der Waals surface area contributed by atoms with Crippen molar-refractivity contribution in [1.82, 2.24) is 9.88 Å². The van der Waals surface area contributed by atoms with Gasteiger partial charge in [0.25, 0.3) is 5.91 Å². The Hall–Kier alpha value is -1.56. The van der Waals surface area contributed by atoms with Crippen molar-refractivity contribution in [3.8, 4) is 0 Å². The summed E-state index contributed by atoms with van der Waals surface area (Å²) in [5, 5.41) is 8.95. The highest BCUT2D eigenvalue weighted by molar-refractivity contribution is 7.99. The number of aliphatic carboxylic acids is 1. The molecule has 1 aliphatic rings. The van der Waals surface area contributed by atoms with Gasteiger partial charge in [0.1, 0.15) is 11.7 Å². The van der Waals surface area contributed by atoms with Crippen LogP contribution >= 0.6 is 11.8 Å². The van der Waals surface area contributed by atoms with Gasteiger partial charge in [0.15, 0.2) is 0 Å². The lowest BCUT2D eigenvalue weighted by Crippen LogP contribution is -2.42. The zero-order valence-corrected chi connectivity index (χ0v) is 9.18. The highest BCUT2D eigenvalue weighted by Gasteiger charge is 2.35. The molecule has 6 heteroatoms. The molecule has 0 bridgehead atoms. The van der Waals surface area contributed by atoms with E-state index in [-0.39, 0.29) is 11.6 Å². The van der Waals surface area contributed by atoms with Crippen LogP contribution in [0.15, 0.2) is 24.4 Å². The van der Waals surface area contributed by atoms with Crippen LogP contribution in [-0.4, -0.2) is 44.5 Å². The highest BCUT2D eigenvalue weighted by Crippen LogP contribution is 2.22. The molecule has 1 aromatic heterocycles. The van der Waals surface area contributed by atoms with Crippen LogP contribution < -0.4 is 0 Å². The van der Waals surface area contributed by atoms with Gasteiger partial charge < -0.3 is 10.0 Å². The van der Waals surface area contributed by atoms with Gasteiger partial charge in [0.05, 0.1) is 5.88 Å². The number of pyridine rings is 1. The lowest BCUT2D eigenvalue weighted by Gasteiger charge is -2.19. The lowest BCUT2D eigenvalue weighted by atomic mass is 10.2. The third-order valence-corrected chi connectivity index (χ3v) is 3.32. The summed E-state index contributed by atoms with van der Waals surface area (Å²) in [6.07, 6.45) is 1.52. The maximum Gasteiger partial charge on any atom is 0.327 e. The number of amides is 1. The van der Waals surface area contributed by atoms with Crippen LogP contribution in [0, 0.1) is 0 Å². The molecule has 1 amide bonds. The summed E-state index contributed by atoms with van der Waals surface area (Å²) in [6.45, 7) is 0. The Morgan fingerprint density at radius 2 is 2.31 bits per heavy atom. The van der Waals surface area contributed by atoms with E-state index in [0.717, 1.165) is 0 Å². The molecule has 0 unspecified atom stereocenters. The zero-order chi connectivity index (χ0) is 11.5. The van der Waals surface area contributed by atoms with Gasteiger partial charge in [-0.2, -0.15) is 0 Å². The first-order chi connectivity index (χ1) is 7.70. The fourth-order valence-electron chi connectivity index (χ4n) is 1.48. The average molecular weight is 238 g/mol. The number of carboxylic acids is 1. The number of hydrogen-bond acceptors (Lipinski definition) is 4. The molecule has 0 radical (unpaired) electrons. The van der Waals surface area contributed by atoms with Crippen LogP contribution in [0.2, 0.25) is 0 Å². The monoisotopic (exact) mass is 238 g/mol. The molecule has 0 saturated carbocycles. The van der Waals surface area contributed by atoms with E-state index in [4.69, 9.17) is 5.11 Å². The molecule has 2 heterocycles. The Kier molecular flexibility index (Phi) is 3.09. The van der Waals surface area contributed by atoms with Crippen molar-refractivity contribution >= 4 is 23.6 Å². The molecule has 16 heavy (non-hydrogen) atoms. The second-order valence-corrected chi connectivity index (χ2v) is 4.34. The second kappa shape index (κ2) is 4.52. The molecule has 1 N–H and O–H groups in total. The summed E-state index contributed by atoms with van der Waals surface area (Å²) in [5.41, 5.74) is 0.288. The molecular weight excluding hydrogens is 228 g/mol. The van der Waals surface area contributed by atoms with Crippen LogP contribution in [0.3, 0.4) is 0 Å². The molecule has 5 nitrogen and oxygen atoms in total. The number of carboxylic acid groups (broad SMARTS) is 1. The van der Waals surface area contributed by atoms with Gasteiger partial charge in [0, 0.05) is 11.9 Å². The van der Waals surface area contributed by atoms with Gasteiger partial charge in [-0.25, -0.2) is 4.79 Å². The number of rotatable bonds is 2.